The van der Waals surface area contributed by atoms with Crippen molar-refractivity contribution in [2.75, 3.05) is 26.8 Å². The van der Waals surface area contributed by atoms with Crippen LogP contribution < -0.4 is 25.0 Å². The summed E-state index contributed by atoms with van der Waals surface area (Å²) in [4.78, 5) is 12.1. The van der Waals surface area contributed by atoms with E-state index in [1.807, 2.05) is 0 Å². The second-order valence-corrected chi connectivity index (χ2v) is 7.95. The third-order valence-electron chi connectivity index (χ3n) is 4.10. The summed E-state index contributed by atoms with van der Waals surface area (Å²) in [6.45, 7) is 2.99. The highest BCUT2D eigenvalue weighted by atomic mass is 32.2. The molecule has 0 spiro atoms. The van der Waals surface area contributed by atoms with Gasteiger partial charge >= 0.3 is 0 Å². The summed E-state index contributed by atoms with van der Waals surface area (Å²) in [6.07, 6.45) is 0. The number of hydroxylamine groups is 1. The molecule has 1 atom stereocenters. The number of sulfonamides is 1. The second kappa shape index (κ2) is 11.9. The minimum absolute atomic E-state index is 0.0656. The fraction of sp³-hybridized carbons (Fsp3) is 0.286. The summed E-state index contributed by atoms with van der Waals surface area (Å²) in [7, 11) is -2.27. The lowest BCUT2D eigenvalue weighted by Crippen LogP contribution is -2.39. The van der Waals surface area contributed by atoms with Crippen LogP contribution in [0.3, 0.4) is 0 Å². The van der Waals surface area contributed by atoms with Gasteiger partial charge in [-0.05, 0) is 55.9 Å². The van der Waals surface area contributed by atoms with Crippen molar-refractivity contribution >= 4 is 15.9 Å². The zero-order chi connectivity index (χ0) is 22.7. The highest BCUT2D eigenvalue weighted by molar-refractivity contribution is 7.89. The van der Waals surface area contributed by atoms with Gasteiger partial charge in [0.1, 0.15) is 30.8 Å². The maximum absolute atomic E-state index is 12.8. The van der Waals surface area contributed by atoms with E-state index in [4.69, 9.17) is 14.7 Å². The molecule has 0 aliphatic carbocycles. The highest BCUT2D eigenvalue weighted by Crippen LogP contribution is 2.22. The molecule has 2 aromatic rings. The van der Waals surface area contributed by atoms with Crippen LogP contribution in [0.2, 0.25) is 0 Å². The van der Waals surface area contributed by atoms with Crippen LogP contribution in [-0.2, 0) is 14.8 Å². The van der Waals surface area contributed by atoms with Crippen molar-refractivity contribution in [3.05, 3.63) is 54.1 Å². The quantitative estimate of drug-likeness (QED) is 0.177. The third-order valence-corrected chi connectivity index (χ3v) is 5.54. The van der Waals surface area contributed by atoms with Crippen LogP contribution >= 0.6 is 0 Å². The van der Waals surface area contributed by atoms with E-state index in [0.29, 0.717) is 30.2 Å². The van der Waals surface area contributed by atoms with Crippen molar-refractivity contribution in [2.24, 2.45) is 0 Å². The number of rotatable bonds is 11. The molecule has 9 nitrogen and oxygen atoms in total. The predicted octanol–water partition coefficient (Wildman–Crippen LogP) is 1.21. The van der Waals surface area contributed by atoms with Crippen molar-refractivity contribution in [3.63, 3.8) is 0 Å². The van der Waals surface area contributed by atoms with Gasteiger partial charge in [0.05, 0.1) is 4.90 Å². The Hall–Kier alpha value is -3.10. The van der Waals surface area contributed by atoms with E-state index in [9.17, 15) is 13.2 Å². The number of amides is 1. The molecule has 0 heterocycles. The number of benzene rings is 2. The molecule has 0 saturated carbocycles. The average molecular weight is 448 g/mol. The Morgan fingerprint density at radius 1 is 1.06 bits per heavy atom. The monoisotopic (exact) mass is 447 g/mol. The van der Waals surface area contributed by atoms with Crippen molar-refractivity contribution < 1.29 is 27.9 Å². The summed E-state index contributed by atoms with van der Waals surface area (Å²) < 4.78 is 38.7. The summed E-state index contributed by atoms with van der Waals surface area (Å²) in [5.74, 6) is 5.53. The van der Waals surface area contributed by atoms with Gasteiger partial charge in [-0.15, -0.1) is 5.92 Å². The van der Waals surface area contributed by atoms with Crippen LogP contribution in [0.15, 0.2) is 53.4 Å². The fourth-order valence-corrected chi connectivity index (χ4v) is 3.68. The molecule has 0 aromatic heterocycles. The first-order valence-corrected chi connectivity index (χ1v) is 10.9. The Labute approximate surface area is 181 Å². The molecule has 0 radical (unpaired) electrons. The summed E-state index contributed by atoms with van der Waals surface area (Å²) in [6, 6.07) is 10.6. The number of nitrogens with one attached hydrogen (secondary N) is 3. The minimum atomic E-state index is -4.08. The SMILES string of the molecule is CC#CCOc1ccc(S(=O)(=O)N[C@@H](C(=O)NO)c2ccc(OCCNC)cc2)cc1. The standard InChI is InChI=1S/C21H25N3O6S/c1-3-4-14-29-18-9-11-19(12-10-18)31(27,28)24-20(21(25)23-26)16-5-7-17(8-6-16)30-15-13-22-2/h5-12,20,22,24,26H,13-15H2,1-2H3,(H,23,25)/t20-/m1/s1. The van der Waals surface area contributed by atoms with E-state index in [0.717, 1.165) is 0 Å². The first kappa shape index (κ1) is 24.2. The Balaban J connectivity index is 2.17. The number of ether oxygens (including phenoxy) is 2. The molecule has 0 bridgehead atoms. The van der Waals surface area contributed by atoms with Gasteiger partial charge in [0, 0.05) is 6.54 Å². The molecule has 0 aliphatic heterocycles. The molecule has 166 valence electrons. The van der Waals surface area contributed by atoms with Gasteiger partial charge in [-0.25, -0.2) is 13.9 Å². The molecular formula is C21H25N3O6S. The van der Waals surface area contributed by atoms with Crippen molar-refractivity contribution in [2.45, 2.75) is 17.9 Å². The molecule has 0 aliphatic rings. The van der Waals surface area contributed by atoms with E-state index in [2.05, 4.69) is 21.9 Å². The summed E-state index contributed by atoms with van der Waals surface area (Å²) in [5, 5.41) is 12.0. The molecule has 0 saturated heterocycles. The Morgan fingerprint density at radius 3 is 2.26 bits per heavy atom. The molecule has 4 N–H and O–H groups in total. The molecule has 0 unspecified atom stereocenters. The number of likely N-dealkylation sites (N-methyl/N-ethyl adjacent to an activating group) is 1. The lowest BCUT2D eigenvalue weighted by atomic mass is 10.1. The molecule has 2 rings (SSSR count). The Kier molecular flexibility index (Phi) is 9.30. The largest absolute Gasteiger partial charge is 0.492 e. The van der Waals surface area contributed by atoms with Crippen LogP contribution in [0.5, 0.6) is 11.5 Å². The lowest BCUT2D eigenvalue weighted by molar-refractivity contribution is -0.131. The van der Waals surface area contributed by atoms with Gasteiger partial charge < -0.3 is 14.8 Å². The van der Waals surface area contributed by atoms with E-state index < -0.39 is 22.0 Å². The highest BCUT2D eigenvalue weighted by Gasteiger charge is 2.27. The van der Waals surface area contributed by atoms with E-state index >= 15 is 0 Å². The first-order chi connectivity index (χ1) is 14.9. The zero-order valence-corrected chi connectivity index (χ0v) is 18.0. The minimum Gasteiger partial charge on any atom is -0.492 e. The molecule has 10 heteroatoms. The van der Waals surface area contributed by atoms with Crippen LogP contribution in [0.25, 0.3) is 0 Å². The topological polar surface area (TPSA) is 126 Å². The predicted molar refractivity (Wildman–Crippen MR) is 114 cm³/mol. The molecule has 31 heavy (non-hydrogen) atoms. The third kappa shape index (κ3) is 7.27. The number of hydrogen-bond acceptors (Lipinski definition) is 7. The number of carbonyl (C=O) groups is 1. The van der Waals surface area contributed by atoms with E-state index in [1.54, 1.807) is 38.2 Å². The van der Waals surface area contributed by atoms with Crippen molar-refractivity contribution in [3.8, 4) is 23.3 Å². The molecular weight excluding hydrogens is 422 g/mol. The van der Waals surface area contributed by atoms with Gasteiger partial charge in [-0.3, -0.25) is 10.0 Å². The van der Waals surface area contributed by atoms with E-state index in [-0.39, 0.29) is 11.5 Å². The lowest BCUT2D eigenvalue weighted by Gasteiger charge is -2.18. The van der Waals surface area contributed by atoms with Crippen molar-refractivity contribution in [1.29, 1.82) is 0 Å². The van der Waals surface area contributed by atoms with Crippen LogP contribution in [-0.4, -0.2) is 46.3 Å². The molecule has 2 aromatic carbocycles. The van der Waals surface area contributed by atoms with E-state index in [1.165, 1.54) is 29.7 Å². The van der Waals surface area contributed by atoms with Gasteiger partial charge in [-0.2, -0.15) is 4.72 Å². The van der Waals surface area contributed by atoms with Crippen LogP contribution in [0.1, 0.15) is 18.5 Å². The maximum atomic E-state index is 12.8. The maximum Gasteiger partial charge on any atom is 0.266 e. The molecule has 0 fully saturated rings. The van der Waals surface area contributed by atoms with Crippen LogP contribution in [0.4, 0.5) is 0 Å². The van der Waals surface area contributed by atoms with Crippen molar-refractivity contribution in [1.82, 2.24) is 15.5 Å². The van der Waals surface area contributed by atoms with Gasteiger partial charge in [0.2, 0.25) is 10.0 Å². The van der Waals surface area contributed by atoms with Gasteiger partial charge in [0.15, 0.2) is 0 Å². The smallest absolute Gasteiger partial charge is 0.266 e. The normalized spacial score (nSPS) is 11.7. The first-order valence-electron chi connectivity index (χ1n) is 9.37. The summed E-state index contributed by atoms with van der Waals surface area (Å²) >= 11 is 0. The number of carbonyl (C=O) groups excluding carboxylic acids is 1. The molecule has 1 amide bonds. The van der Waals surface area contributed by atoms with Crippen LogP contribution in [0, 0.1) is 11.8 Å². The summed E-state index contributed by atoms with van der Waals surface area (Å²) in [5.41, 5.74) is 1.82. The van der Waals surface area contributed by atoms with Gasteiger partial charge in [-0.1, -0.05) is 18.1 Å². The fourth-order valence-electron chi connectivity index (χ4n) is 2.49. The number of hydrogen-bond donors (Lipinski definition) is 4. The Morgan fingerprint density at radius 2 is 1.68 bits per heavy atom. The zero-order valence-electron chi connectivity index (χ0n) is 17.2. The second-order valence-electron chi connectivity index (χ2n) is 6.24. The average Bonchev–Trinajstić information content (AvgIpc) is 2.78. The Bertz CT molecular complexity index is 1010. The van der Waals surface area contributed by atoms with Gasteiger partial charge in [0.25, 0.3) is 5.91 Å².